The molecule has 6 heterocycles. The molecule has 0 aromatic rings. The van der Waals surface area contributed by atoms with Crippen LogP contribution in [0.25, 0.3) is 0 Å². The number of unbranched alkanes of at least 4 members (excludes halogenated alkanes) is 2. The molecule has 6 N–H and O–H groups in total. The highest BCUT2D eigenvalue weighted by atomic mass is 16.8. The van der Waals surface area contributed by atoms with E-state index in [1.807, 2.05) is 0 Å². The number of rotatable bonds is 12. The van der Waals surface area contributed by atoms with E-state index >= 15 is 0 Å². The van der Waals surface area contributed by atoms with Crippen LogP contribution in [-0.2, 0) is 66.5 Å². The summed E-state index contributed by atoms with van der Waals surface area (Å²) in [5.74, 6) is -3.20. The number of ether oxygens (including phenoxy) is 11. The zero-order chi connectivity index (χ0) is 50.0. The van der Waals surface area contributed by atoms with Crippen LogP contribution in [0.4, 0.5) is 0 Å². The molecule has 0 aliphatic carbocycles. The van der Waals surface area contributed by atoms with Gasteiger partial charge in [0.1, 0.15) is 54.9 Å². The number of carbonyl (C=O) groups excluding carboxylic acids is 3. The lowest BCUT2D eigenvalue weighted by molar-refractivity contribution is -0.383. The highest BCUT2D eigenvalue weighted by Gasteiger charge is 2.56. The molecule has 4 bridgehead atoms. The van der Waals surface area contributed by atoms with E-state index in [-0.39, 0.29) is 12.5 Å². The molecule has 0 amide bonds. The Kier molecular flexibility index (Phi) is 22.1. The number of hydrogen-bond donors (Lipinski definition) is 6. The Balaban J connectivity index is 1.37. The second-order valence-corrected chi connectivity index (χ2v) is 19.9. The van der Waals surface area contributed by atoms with Crippen molar-refractivity contribution in [2.75, 3.05) is 0 Å². The average molecular weight is 979 g/mol. The number of esters is 3. The van der Waals surface area contributed by atoms with Crippen molar-refractivity contribution in [3.8, 4) is 0 Å². The summed E-state index contributed by atoms with van der Waals surface area (Å²) >= 11 is 0. The molecule has 0 aromatic heterocycles. The second-order valence-electron chi connectivity index (χ2n) is 19.9. The third-order valence-electron chi connectivity index (χ3n) is 13.5. The Bertz CT molecular complexity index is 1550. The predicted octanol–water partition coefficient (Wildman–Crippen LogP) is 2.82. The molecule has 0 saturated carbocycles. The Morgan fingerprint density at radius 2 is 1.09 bits per heavy atom. The maximum Gasteiger partial charge on any atom is 0.308 e. The van der Waals surface area contributed by atoms with E-state index in [4.69, 9.17) is 52.1 Å². The third-order valence-corrected chi connectivity index (χ3v) is 13.5. The van der Waals surface area contributed by atoms with Gasteiger partial charge >= 0.3 is 17.9 Å². The molecule has 20 heteroatoms. The summed E-state index contributed by atoms with van der Waals surface area (Å²) in [6, 6.07) is 0. The van der Waals surface area contributed by atoms with Gasteiger partial charge in [0, 0.05) is 6.42 Å². The topological polar surface area (TPSA) is 274 Å². The number of aliphatic hydroxyl groups excluding tert-OH is 6. The molecule has 68 heavy (non-hydrogen) atoms. The lowest BCUT2D eigenvalue weighted by Crippen LogP contribution is -2.67. The van der Waals surface area contributed by atoms with E-state index in [0.717, 1.165) is 70.6 Å². The molecule has 20 nitrogen and oxygen atoms in total. The Labute approximate surface area is 400 Å². The summed E-state index contributed by atoms with van der Waals surface area (Å²) in [5.41, 5.74) is 0. The fourth-order valence-electron chi connectivity index (χ4n) is 9.26. The smallest absolute Gasteiger partial charge is 0.308 e. The van der Waals surface area contributed by atoms with Crippen molar-refractivity contribution in [1.29, 1.82) is 0 Å². The minimum absolute atomic E-state index is 0.0277. The fraction of sp³-hybridized carbons (Fsp3) is 0.938. The molecule has 6 aliphatic heterocycles. The van der Waals surface area contributed by atoms with Crippen molar-refractivity contribution in [2.24, 2.45) is 11.8 Å². The molecule has 0 unspecified atom stereocenters. The van der Waals surface area contributed by atoms with Gasteiger partial charge < -0.3 is 82.7 Å². The molecule has 6 fully saturated rings. The van der Waals surface area contributed by atoms with Gasteiger partial charge in [-0.2, -0.15) is 0 Å². The van der Waals surface area contributed by atoms with Crippen molar-refractivity contribution in [2.45, 2.75) is 275 Å². The van der Waals surface area contributed by atoms with Crippen molar-refractivity contribution >= 4 is 17.9 Å². The first-order chi connectivity index (χ1) is 32.2. The van der Waals surface area contributed by atoms with Gasteiger partial charge in [-0.05, 0) is 47.0 Å². The standard InChI is InChI=1S/C48H82O20/c1-10-11-17-20-29-21-18-15-13-12-14-16-19-22-30(49)63-41-36(55)47(66-38-26(7)58-45(62-29)33(52)32(38)51)60-28(9)40(41)68-48-42(65-44(57)24(4)5)35(54)39(27(8)61-48)67-46-34(53)31(50)37(25(6)59-46)64-43(56)23(2)3/h23-29,31-42,45-48,50-55H,10-22H2,1-9H3/t25-,26-,27-,28-,29-,31-,32-,33+,34+,35+,36+,37-,38-,39-,40-,41-,42+,45-,46-,47-,48-/m0/s1. The molecule has 6 aliphatic rings. The minimum Gasteiger partial charge on any atom is -0.457 e. The van der Waals surface area contributed by atoms with Gasteiger partial charge in [-0.3, -0.25) is 14.4 Å². The van der Waals surface area contributed by atoms with Crippen molar-refractivity contribution in [3.05, 3.63) is 0 Å². The number of aliphatic hydroxyl groups is 6. The Morgan fingerprint density at radius 3 is 1.74 bits per heavy atom. The van der Waals surface area contributed by atoms with Gasteiger partial charge in [-0.1, -0.05) is 92.4 Å². The quantitative estimate of drug-likeness (QED) is 0.0932. The maximum absolute atomic E-state index is 13.6. The molecule has 394 valence electrons. The summed E-state index contributed by atoms with van der Waals surface area (Å²) in [6.07, 6.45) is -17.5. The lowest BCUT2D eigenvalue weighted by atomic mass is 9.95. The first kappa shape index (κ1) is 56.8. The van der Waals surface area contributed by atoms with Crippen LogP contribution in [-0.4, -0.2) is 177 Å². The van der Waals surface area contributed by atoms with Gasteiger partial charge in [0.25, 0.3) is 0 Å². The third kappa shape index (κ3) is 14.7. The predicted molar refractivity (Wildman–Crippen MR) is 238 cm³/mol. The minimum atomic E-state index is -1.76. The molecule has 0 aromatic carbocycles. The van der Waals surface area contributed by atoms with E-state index in [2.05, 4.69) is 6.92 Å². The van der Waals surface area contributed by atoms with E-state index in [0.29, 0.717) is 6.42 Å². The number of hydrogen-bond acceptors (Lipinski definition) is 20. The van der Waals surface area contributed by atoms with E-state index < -0.39 is 153 Å². The van der Waals surface area contributed by atoms with Gasteiger partial charge in [-0.15, -0.1) is 0 Å². The number of carbonyl (C=O) groups is 3. The van der Waals surface area contributed by atoms with Gasteiger partial charge in [0.15, 0.2) is 43.5 Å². The van der Waals surface area contributed by atoms with Gasteiger partial charge in [-0.25, -0.2) is 0 Å². The van der Waals surface area contributed by atoms with Crippen molar-refractivity contribution in [3.63, 3.8) is 0 Å². The summed E-state index contributed by atoms with van der Waals surface area (Å²) in [5, 5.41) is 68.8. The van der Waals surface area contributed by atoms with Crippen LogP contribution in [0.3, 0.4) is 0 Å². The van der Waals surface area contributed by atoms with Crippen molar-refractivity contribution < 1.29 is 97.1 Å². The normalized spacial score (nSPS) is 42.8. The summed E-state index contributed by atoms with van der Waals surface area (Å²) in [4.78, 5) is 39.1. The van der Waals surface area contributed by atoms with Crippen LogP contribution in [0.15, 0.2) is 0 Å². The summed E-state index contributed by atoms with van der Waals surface area (Å²) < 4.78 is 66.6. The molecule has 6 saturated heterocycles. The van der Waals surface area contributed by atoms with E-state index in [9.17, 15) is 45.0 Å². The van der Waals surface area contributed by atoms with E-state index in [1.165, 1.54) is 13.8 Å². The van der Waals surface area contributed by atoms with Crippen LogP contribution in [0.5, 0.6) is 0 Å². The first-order valence-corrected chi connectivity index (χ1v) is 25.2. The van der Waals surface area contributed by atoms with Crippen molar-refractivity contribution in [1.82, 2.24) is 0 Å². The highest BCUT2D eigenvalue weighted by molar-refractivity contribution is 5.72. The highest BCUT2D eigenvalue weighted by Crippen LogP contribution is 2.37. The molecule has 6 rings (SSSR count). The first-order valence-electron chi connectivity index (χ1n) is 25.2. The average Bonchev–Trinajstić information content (AvgIpc) is 3.28. The lowest BCUT2D eigenvalue weighted by Gasteiger charge is -2.49. The summed E-state index contributed by atoms with van der Waals surface area (Å²) in [7, 11) is 0. The van der Waals surface area contributed by atoms with Gasteiger partial charge in [0.05, 0.1) is 42.4 Å². The largest absolute Gasteiger partial charge is 0.457 e. The van der Waals surface area contributed by atoms with Crippen LogP contribution >= 0.6 is 0 Å². The molecule has 0 spiro atoms. The summed E-state index contributed by atoms with van der Waals surface area (Å²) in [6.45, 7) is 14.8. The Hall–Kier alpha value is -2.15. The van der Waals surface area contributed by atoms with Crippen LogP contribution in [0.1, 0.15) is 146 Å². The molecule has 0 radical (unpaired) electrons. The second kappa shape index (κ2) is 26.5. The number of fused-ring (bicyclic) bond motifs is 14. The zero-order valence-corrected chi connectivity index (χ0v) is 41.4. The zero-order valence-electron chi connectivity index (χ0n) is 41.4. The van der Waals surface area contributed by atoms with E-state index in [1.54, 1.807) is 41.5 Å². The SMILES string of the molecule is CCCCC[C@H]1CCCCCCCCCC(=O)O[C@H]2[C@@H](O)[C@H](O[C@@H]3[C@@H](O)[C@@H](O)[C@H](O1)O[C@H]3C)O[C@@H](C)[C@@H]2O[C@@H]1O[C@@H](C)[C@H](O[C@@H]2O[C@@H](C)[C@H](OC(=O)C(C)C)[C@@H](O)[C@H]2O)[C@@H](O)[C@H]1OC(=O)C(C)C. The van der Waals surface area contributed by atoms with Crippen LogP contribution in [0.2, 0.25) is 0 Å². The molecule has 21 atom stereocenters. The molecular weight excluding hydrogens is 897 g/mol. The Morgan fingerprint density at radius 1 is 0.544 bits per heavy atom. The fourth-order valence-corrected chi connectivity index (χ4v) is 9.26. The molecular formula is C48H82O20. The van der Waals surface area contributed by atoms with Crippen LogP contribution < -0.4 is 0 Å². The van der Waals surface area contributed by atoms with Gasteiger partial charge in [0.2, 0.25) is 0 Å². The van der Waals surface area contributed by atoms with Crippen LogP contribution in [0, 0.1) is 11.8 Å². The monoisotopic (exact) mass is 979 g/mol. The maximum atomic E-state index is 13.6.